The van der Waals surface area contributed by atoms with E-state index in [1.165, 1.54) is 12.1 Å². The maximum absolute atomic E-state index is 12.9. The lowest BCUT2D eigenvalue weighted by molar-refractivity contribution is -0.127. The largest absolute Gasteiger partial charge is 0.481 e. The number of benzene rings is 2. The molecule has 0 saturated carbocycles. The van der Waals surface area contributed by atoms with Gasteiger partial charge in [-0.2, -0.15) is 0 Å². The van der Waals surface area contributed by atoms with E-state index in [9.17, 15) is 9.18 Å². The number of nitrogens with one attached hydrogen (secondary N) is 1. The van der Waals surface area contributed by atoms with Crippen LogP contribution in [0.15, 0.2) is 42.5 Å². The van der Waals surface area contributed by atoms with Crippen LogP contribution in [0.25, 0.3) is 0 Å². The minimum Gasteiger partial charge on any atom is -0.481 e. The summed E-state index contributed by atoms with van der Waals surface area (Å²) in [5.74, 6) is 0.0421. The smallest absolute Gasteiger partial charge is 0.261 e. The van der Waals surface area contributed by atoms with Gasteiger partial charge in [-0.05, 0) is 62.2 Å². The van der Waals surface area contributed by atoms with E-state index in [1.54, 1.807) is 37.3 Å². The number of hydrogen-bond acceptors (Lipinski definition) is 2. The molecular formula is C18H19ClFNO2. The average Bonchev–Trinajstić information content (AvgIpc) is 2.51. The fourth-order valence-electron chi connectivity index (χ4n) is 2.11. The summed E-state index contributed by atoms with van der Waals surface area (Å²) in [5.41, 5.74) is 1.71. The lowest BCUT2D eigenvalue weighted by atomic mass is 10.1. The topological polar surface area (TPSA) is 38.3 Å². The standard InChI is InChI=1S/C18H19ClFNO2/c1-11-10-16(8-9-17(11)19)23-13(3)18(22)21-12(2)14-4-6-15(20)7-5-14/h4-10,12-13H,1-3H3,(H,21,22)/t12-,13-/m0/s1. The van der Waals surface area contributed by atoms with Gasteiger partial charge in [0.15, 0.2) is 6.10 Å². The van der Waals surface area contributed by atoms with Gasteiger partial charge in [0.25, 0.3) is 5.91 Å². The van der Waals surface area contributed by atoms with Crippen LogP contribution in [-0.4, -0.2) is 12.0 Å². The number of carbonyl (C=O) groups is 1. The minimum absolute atomic E-state index is 0.235. The molecule has 3 nitrogen and oxygen atoms in total. The fourth-order valence-corrected chi connectivity index (χ4v) is 2.23. The van der Waals surface area contributed by atoms with Gasteiger partial charge in [0, 0.05) is 5.02 Å². The van der Waals surface area contributed by atoms with Gasteiger partial charge in [-0.3, -0.25) is 4.79 Å². The van der Waals surface area contributed by atoms with Crippen molar-refractivity contribution in [1.29, 1.82) is 0 Å². The number of halogens is 2. The molecule has 2 rings (SSSR count). The molecule has 0 radical (unpaired) electrons. The van der Waals surface area contributed by atoms with Crippen LogP contribution in [0.1, 0.15) is 31.0 Å². The summed E-state index contributed by atoms with van der Waals surface area (Å²) in [4.78, 5) is 12.2. The SMILES string of the molecule is Cc1cc(O[C@@H](C)C(=O)N[C@@H](C)c2ccc(F)cc2)ccc1Cl. The second kappa shape index (κ2) is 7.47. The number of hydrogen-bond donors (Lipinski definition) is 1. The fraction of sp³-hybridized carbons (Fsp3) is 0.278. The van der Waals surface area contributed by atoms with Crippen molar-refractivity contribution in [2.45, 2.75) is 32.9 Å². The van der Waals surface area contributed by atoms with Crippen LogP contribution in [0.2, 0.25) is 5.02 Å². The lowest BCUT2D eigenvalue weighted by Gasteiger charge is -2.19. The van der Waals surface area contributed by atoms with E-state index < -0.39 is 6.10 Å². The van der Waals surface area contributed by atoms with E-state index in [4.69, 9.17) is 16.3 Å². The second-order valence-electron chi connectivity index (χ2n) is 5.45. The predicted octanol–water partition coefficient (Wildman–Crippen LogP) is 4.43. The summed E-state index contributed by atoms with van der Waals surface area (Å²) >= 11 is 5.97. The van der Waals surface area contributed by atoms with Crippen LogP contribution < -0.4 is 10.1 Å². The summed E-state index contributed by atoms with van der Waals surface area (Å²) < 4.78 is 18.6. The molecule has 2 atom stereocenters. The van der Waals surface area contributed by atoms with Crippen molar-refractivity contribution < 1.29 is 13.9 Å². The Morgan fingerprint density at radius 1 is 1.17 bits per heavy atom. The van der Waals surface area contributed by atoms with E-state index in [1.807, 2.05) is 13.8 Å². The van der Waals surface area contributed by atoms with Crippen molar-refractivity contribution in [3.8, 4) is 5.75 Å². The van der Waals surface area contributed by atoms with Gasteiger partial charge in [0.1, 0.15) is 11.6 Å². The zero-order valence-corrected chi connectivity index (χ0v) is 14.0. The van der Waals surface area contributed by atoms with Crippen molar-refractivity contribution >= 4 is 17.5 Å². The number of ether oxygens (including phenoxy) is 1. The molecule has 2 aromatic rings. The Kier molecular flexibility index (Phi) is 5.61. The molecule has 0 unspecified atom stereocenters. The van der Waals surface area contributed by atoms with Crippen molar-refractivity contribution in [1.82, 2.24) is 5.32 Å². The molecule has 23 heavy (non-hydrogen) atoms. The third kappa shape index (κ3) is 4.70. The van der Waals surface area contributed by atoms with E-state index in [0.29, 0.717) is 10.8 Å². The third-order valence-electron chi connectivity index (χ3n) is 3.54. The van der Waals surface area contributed by atoms with Gasteiger partial charge < -0.3 is 10.1 Å². The van der Waals surface area contributed by atoms with Gasteiger partial charge in [-0.1, -0.05) is 23.7 Å². The maximum atomic E-state index is 12.9. The highest BCUT2D eigenvalue weighted by atomic mass is 35.5. The molecule has 0 aliphatic carbocycles. The molecule has 0 fully saturated rings. The molecule has 0 heterocycles. The molecule has 1 amide bonds. The number of aryl methyl sites for hydroxylation is 1. The number of rotatable bonds is 5. The Labute approximate surface area is 140 Å². The van der Waals surface area contributed by atoms with E-state index in [0.717, 1.165) is 11.1 Å². The van der Waals surface area contributed by atoms with Crippen molar-refractivity contribution in [2.75, 3.05) is 0 Å². The first-order valence-corrected chi connectivity index (χ1v) is 7.73. The summed E-state index contributed by atoms with van der Waals surface area (Å²) in [6.07, 6.45) is -0.654. The monoisotopic (exact) mass is 335 g/mol. The first kappa shape index (κ1) is 17.3. The lowest BCUT2D eigenvalue weighted by Crippen LogP contribution is -2.37. The average molecular weight is 336 g/mol. The van der Waals surface area contributed by atoms with Gasteiger partial charge in [-0.15, -0.1) is 0 Å². The highest BCUT2D eigenvalue weighted by Gasteiger charge is 2.18. The van der Waals surface area contributed by atoms with Crippen LogP contribution in [0.3, 0.4) is 0 Å². The maximum Gasteiger partial charge on any atom is 0.261 e. The highest BCUT2D eigenvalue weighted by molar-refractivity contribution is 6.31. The van der Waals surface area contributed by atoms with Crippen molar-refractivity contribution in [2.24, 2.45) is 0 Å². The van der Waals surface area contributed by atoms with Crippen molar-refractivity contribution in [3.05, 3.63) is 64.4 Å². The highest BCUT2D eigenvalue weighted by Crippen LogP contribution is 2.22. The van der Waals surface area contributed by atoms with Crippen LogP contribution >= 0.6 is 11.6 Å². The van der Waals surface area contributed by atoms with Crippen LogP contribution in [0, 0.1) is 12.7 Å². The molecule has 0 spiro atoms. The van der Waals surface area contributed by atoms with Crippen LogP contribution in [0.4, 0.5) is 4.39 Å². The molecule has 0 aliphatic rings. The quantitative estimate of drug-likeness (QED) is 0.877. The van der Waals surface area contributed by atoms with Gasteiger partial charge >= 0.3 is 0 Å². The Morgan fingerprint density at radius 3 is 2.43 bits per heavy atom. The molecule has 0 aliphatic heterocycles. The summed E-state index contributed by atoms with van der Waals surface area (Å²) in [5, 5.41) is 3.50. The number of carbonyl (C=O) groups excluding carboxylic acids is 1. The third-order valence-corrected chi connectivity index (χ3v) is 3.96. The molecule has 0 saturated heterocycles. The second-order valence-corrected chi connectivity index (χ2v) is 5.86. The van der Waals surface area contributed by atoms with Gasteiger partial charge in [-0.25, -0.2) is 4.39 Å². The molecule has 5 heteroatoms. The first-order valence-electron chi connectivity index (χ1n) is 7.35. The van der Waals surface area contributed by atoms with E-state index >= 15 is 0 Å². The molecule has 122 valence electrons. The molecule has 2 aromatic carbocycles. The molecular weight excluding hydrogens is 317 g/mol. The van der Waals surface area contributed by atoms with Crippen molar-refractivity contribution in [3.63, 3.8) is 0 Å². The normalized spacial score (nSPS) is 13.3. The number of amides is 1. The molecule has 0 bridgehead atoms. The Morgan fingerprint density at radius 2 is 1.83 bits per heavy atom. The Balaban J connectivity index is 1.96. The molecule has 1 N–H and O–H groups in total. The first-order chi connectivity index (χ1) is 10.9. The van der Waals surface area contributed by atoms with E-state index in [-0.39, 0.29) is 17.8 Å². The Hall–Kier alpha value is -2.07. The zero-order valence-electron chi connectivity index (χ0n) is 13.3. The van der Waals surface area contributed by atoms with Gasteiger partial charge in [0.05, 0.1) is 6.04 Å². The summed E-state index contributed by atoms with van der Waals surface area (Å²) in [7, 11) is 0. The predicted molar refractivity (Wildman–Crippen MR) is 89.2 cm³/mol. The van der Waals surface area contributed by atoms with Crippen LogP contribution in [-0.2, 0) is 4.79 Å². The molecule has 0 aromatic heterocycles. The summed E-state index contributed by atoms with van der Waals surface area (Å²) in [6, 6.07) is 11.0. The summed E-state index contributed by atoms with van der Waals surface area (Å²) in [6.45, 7) is 5.39. The minimum atomic E-state index is -0.654. The zero-order chi connectivity index (χ0) is 17.0. The van der Waals surface area contributed by atoms with Crippen LogP contribution in [0.5, 0.6) is 5.75 Å². The van der Waals surface area contributed by atoms with Gasteiger partial charge in [0.2, 0.25) is 0 Å². The Bertz CT molecular complexity index is 688. The van der Waals surface area contributed by atoms with E-state index in [2.05, 4.69) is 5.32 Å².